The maximum absolute atomic E-state index is 13.9. The van der Waals surface area contributed by atoms with E-state index in [1.54, 1.807) is 13.8 Å². The van der Waals surface area contributed by atoms with Gasteiger partial charge in [-0.15, -0.1) is 0 Å². The van der Waals surface area contributed by atoms with Crippen LogP contribution in [0.3, 0.4) is 0 Å². The molecule has 7 atom stereocenters. The number of carboxylic acids is 2. The zero-order valence-corrected chi connectivity index (χ0v) is 31.2. The quantitative estimate of drug-likeness (QED) is 0.0506. The van der Waals surface area contributed by atoms with Gasteiger partial charge in [0.2, 0.25) is 41.4 Å². The molecule has 0 spiro atoms. The van der Waals surface area contributed by atoms with Crippen LogP contribution in [-0.2, 0) is 43.2 Å². The lowest BCUT2D eigenvalue weighted by Crippen LogP contribution is -2.60. The Morgan fingerprint density at radius 2 is 1.28 bits per heavy atom. The zero-order chi connectivity index (χ0) is 40.7. The van der Waals surface area contributed by atoms with Crippen LogP contribution in [-0.4, -0.2) is 135 Å². The average molecular weight is 768 g/mol. The Morgan fingerprint density at radius 3 is 1.80 bits per heavy atom. The summed E-state index contributed by atoms with van der Waals surface area (Å²) in [5.74, 6) is -7.64. The second-order valence-electron chi connectivity index (χ2n) is 14.1. The second-order valence-corrected chi connectivity index (χ2v) is 14.1. The van der Waals surface area contributed by atoms with E-state index >= 15 is 0 Å². The number of rotatable bonds is 22. The minimum atomic E-state index is -1.36. The van der Waals surface area contributed by atoms with Gasteiger partial charge in [-0.2, -0.15) is 0 Å². The van der Waals surface area contributed by atoms with Gasteiger partial charge in [0.25, 0.3) is 0 Å². The molecule has 7 amide bonds. The molecule has 0 unspecified atom stereocenters. The van der Waals surface area contributed by atoms with Gasteiger partial charge in [0.15, 0.2) is 0 Å². The molecule has 0 aromatic heterocycles. The molecule has 54 heavy (non-hydrogen) atoms. The van der Waals surface area contributed by atoms with E-state index in [1.807, 2.05) is 0 Å². The molecule has 0 bridgehead atoms. The van der Waals surface area contributed by atoms with E-state index < -0.39 is 101 Å². The van der Waals surface area contributed by atoms with Crippen LogP contribution >= 0.6 is 0 Å². The monoisotopic (exact) mass is 767 g/mol. The number of amides is 7. The molecule has 0 saturated carbocycles. The van der Waals surface area contributed by atoms with Crippen molar-refractivity contribution in [2.45, 2.75) is 134 Å². The summed E-state index contributed by atoms with van der Waals surface area (Å²) in [4.78, 5) is 117. The first-order valence-corrected chi connectivity index (χ1v) is 18.4. The summed E-state index contributed by atoms with van der Waals surface area (Å²) in [5.41, 5.74) is 16.7. The number of nitrogens with two attached hydrogens (primary N) is 3. The normalized spacial score (nSPS) is 19.6. The Morgan fingerprint density at radius 1 is 0.704 bits per heavy atom. The number of hydrogen-bond donors (Lipinski definition) is 9. The third-order valence-electron chi connectivity index (χ3n) is 9.52. The molecule has 0 radical (unpaired) electrons. The molecule has 0 aromatic carbocycles. The summed E-state index contributed by atoms with van der Waals surface area (Å²) in [6.45, 7) is 5.48. The van der Waals surface area contributed by atoms with Crippen LogP contribution < -0.4 is 38.5 Å². The van der Waals surface area contributed by atoms with Crippen molar-refractivity contribution in [2.24, 2.45) is 23.1 Å². The van der Waals surface area contributed by atoms with E-state index in [0.717, 1.165) is 0 Å². The molecule has 2 saturated heterocycles. The van der Waals surface area contributed by atoms with Gasteiger partial charge in [0.1, 0.15) is 36.3 Å². The number of aliphatic carboxylic acids is 2. The summed E-state index contributed by atoms with van der Waals surface area (Å²) in [6.07, 6.45) is 1.62. The van der Waals surface area contributed by atoms with E-state index in [2.05, 4.69) is 21.3 Å². The van der Waals surface area contributed by atoms with Gasteiger partial charge in [-0.25, -0.2) is 4.79 Å². The maximum atomic E-state index is 13.9. The molecule has 2 heterocycles. The van der Waals surface area contributed by atoms with Crippen molar-refractivity contribution in [1.82, 2.24) is 31.1 Å². The number of carboxylic acid groups (broad SMARTS) is 2. The lowest BCUT2D eigenvalue weighted by atomic mass is 10.0. The van der Waals surface area contributed by atoms with Gasteiger partial charge >= 0.3 is 11.9 Å². The van der Waals surface area contributed by atoms with Crippen LogP contribution in [0.1, 0.15) is 91.4 Å². The van der Waals surface area contributed by atoms with E-state index in [1.165, 1.54) is 16.7 Å². The van der Waals surface area contributed by atoms with Crippen LogP contribution in [0.5, 0.6) is 0 Å². The Kier molecular flexibility index (Phi) is 18.3. The van der Waals surface area contributed by atoms with Gasteiger partial charge < -0.3 is 58.5 Å². The Hall–Kier alpha value is -4.85. The third-order valence-corrected chi connectivity index (χ3v) is 9.52. The van der Waals surface area contributed by atoms with Crippen molar-refractivity contribution in [3.8, 4) is 0 Å². The Balaban J connectivity index is 2.14. The van der Waals surface area contributed by atoms with Crippen molar-refractivity contribution in [3.63, 3.8) is 0 Å². The van der Waals surface area contributed by atoms with Gasteiger partial charge in [-0.1, -0.05) is 13.8 Å². The summed E-state index contributed by atoms with van der Waals surface area (Å²) in [6, 6.07) is -7.99. The average Bonchev–Trinajstić information content (AvgIpc) is 3.80. The molecular formula is C34H57N9O11. The summed E-state index contributed by atoms with van der Waals surface area (Å²) in [7, 11) is 0. The second kappa shape index (κ2) is 21.8. The third kappa shape index (κ3) is 13.5. The molecule has 0 aliphatic carbocycles. The van der Waals surface area contributed by atoms with Crippen molar-refractivity contribution in [3.05, 3.63) is 0 Å². The predicted octanol–water partition coefficient (Wildman–Crippen LogP) is -2.75. The molecule has 12 N–H and O–H groups in total. The van der Waals surface area contributed by atoms with E-state index in [9.17, 15) is 48.3 Å². The molecule has 0 aromatic rings. The van der Waals surface area contributed by atoms with Gasteiger partial charge in [-0.3, -0.25) is 38.4 Å². The fraction of sp³-hybridized carbons (Fsp3) is 0.735. The van der Waals surface area contributed by atoms with Gasteiger partial charge in [0.05, 0.1) is 6.04 Å². The first kappa shape index (κ1) is 45.3. The largest absolute Gasteiger partial charge is 0.481 e. The van der Waals surface area contributed by atoms with E-state index in [4.69, 9.17) is 22.3 Å². The van der Waals surface area contributed by atoms with Gasteiger partial charge in [-0.05, 0) is 77.2 Å². The molecule has 20 heteroatoms. The number of carbonyl (C=O) groups excluding carboxylic acids is 7. The Labute approximate surface area is 314 Å². The number of primary amides is 1. The highest BCUT2D eigenvalue weighted by Crippen LogP contribution is 2.23. The number of unbranched alkanes of at least 4 members (excludes halogenated alkanes) is 1. The zero-order valence-electron chi connectivity index (χ0n) is 31.2. The molecule has 2 rings (SSSR count). The van der Waals surface area contributed by atoms with Crippen LogP contribution in [0.2, 0.25) is 0 Å². The van der Waals surface area contributed by atoms with Crippen molar-refractivity contribution in [2.75, 3.05) is 19.6 Å². The molecule has 2 aliphatic heterocycles. The smallest absolute Gasteiger partial charge is 0.326 e. The number of nitrogens with zero attached hydrogens (tertiary/aromatic N) is 2. The highest BCUT2D eigenvalue weighted by molar-refractivity contribution is 5.97. The molecule has 20 nitrogen and oxygen atoms in total. The lowest BCUT2D eigenvalue weighted by Gasteiger charge is -2.33. The Bertz CT molecular complexity index is 1390. The topological polar surface area (TPSA) is 327 Å². The highest BCUT2D eigenvalue weighted by Gasteiger charge is 2.42. The minimum Gasteiger partial charge on any atom is -0.481 e. The van der Waals surface area contributed by atoms with Crippen LogP contribution in [0.15, 0.2) is 0 Å². The predicted molar refractivity (Wildman–Crippen MR) is 192 cm³/mol. The fourth-order valence-corrected chi connectivity index (χ4v) is 6.41. The molecule has 2 fully saturated rings. The van der Waals surface area contributed by atoms with Crippen molar-refractivity contribution >= 4 is 53.3 Å². The first-order chi connectivity index (χ1) is 25.4. The summed E-state index contributed by atoms with van der Waals surface area (Å²) in [5, 5.41) is 28.6. The van der Waals surface area contributed by atoms with Gasteiger partial charge in [0, 0.05) is 25.9 Å². The van der Waals surface area contributed by atoms with Crippen LogP contribution in [0.4, 0.5) is 0 Å². The van der Waals surface area contributed by atoms with Crippen LogP contribution in [0.25, 0.3) is 0 Å². The minimum absolute atomic E-state index is 0.104. The van der Waals surface area contributed by atoms with Crippen molar-refractivity contribution < 1.29 is 53.4 Å². The standard InChI is InChI=1S/C34H57N9O11/c1-18(2)27(41-31(50)24-10-6-16-42(24)32(51)20(36)11-14-26(45)46)33(52)43-17-7-9-23(43)30(49)39-21(12-13-25(37)44)29(48)38-19(3)28(47)40-22(34(53)54)8-4-5-15-35/h18-24,27H,4-17,35-36H2,1-3H3,(H2,37,44)(H,38,48)(H,39,49)(H,40,47)(H,41,50)(H,45,46)(H,53,54)/t19-,20-,21-,22-,23-,24-,27-/m0/s1. The lowest BCUT2D eigenvalue weighted by molar-refractivity contribution is -0.145. The number of likely N-dealkylation sites (tertiary alicyclic amines) is 2. The van der Waals surface area contributed by atoms with Crippen LogP contribution in [0, 0.1) is 5.92 Å². The SMILES string of the molecule is CC(C)[C@H](NC(=O)[C@@H]1CCCN1C(=O)[C@@H](N)CCC(=O)O)C(=O)N1CCC[C@H]1C(=O)N[C@@H](CCC(N)=O)C(=O)N[C@@H](C)C(=O)N[C@@H](CCCCN)C(=O)O. The molecule has 304 valence electrons. The molecule has 2 aliphatic rings. The fourth-order valence-electron chi connectivity index (χ4n) is 6.41. The number of hydrogen-bond acceptors (Lipinski definition) is 11. The molecular weight excluding hydrogens is 710 g/mol. The number of carbonyl (C=O) groups is 9. The maximum Gasteiger partial charge on any atom is 0.326 e. The first-order valence-electron chi connectivity index (χ1n) is 18.4. The van der Waals surface area contributed by atoms with E-state index in [-0.39, 0.29) is 51.6 Å². The highest BCUT2D eigenvalue weighted by atomic mass is 16.4. The van der Waals surface area contributed by atoms with Crippen molar-refractivity contribution in [1.29, 1.82) is 0 Å². The summed E-state index contributed by atoms with van der Waals surface area (Å²) >= 11 is 0. The van der Waals surface area contributed by atoms with E-state index in [0.29, 0.717) is 38.6 Å². The number of nitrogens with one attached hydrogen (secondary N) is 4. The summed E-state index contributed by atoms with van der Waals surface area (Å²) < 4.78 is 0.